The number of carbonyl (C=O) groups is 1. The second-order valence-electron chi connectivity index (χ2n) is 4.25. The molecule has 1 amide bonds. The van der Waals surface area contributed by atoms with Gasteiger partial charge in [0.1, 0.15) is 0 Å². The zero-order valence-corrected chi connectivity index (χ0v) is 11.3. The van der Waals surface area contributed by atoms with Crippen LogP contribution in [0.15, 0.2) is 22.7 Å². The van der Waals surface area contributed by atoms with Gasteiger partial charge < -0.3 is 11.1 Å². The predicted molar refractivity (Wildman–Crippen MR) is 70.3 cm³/mol. The van der Waals surface area contributed by atoms with Gasteiger partial charge in [0.2, 0.25) is 0 Å². The summed E-state index contributed by atoms with van der Waals surface area (Å²) in [6, 6.07) is 5.35. The number of hydrogen-bond donors (Lipinski definition) is 2. The highest BCUT2D eigenvalue weighted by Gasteiger charge is 2.14. The first-order chi connectivity index (χ1) is 7.41. The molecule has 0 fully saturated rings. The Hall–Kier alpha value is -1.03. The molecular formula is C12H17BrN2O. The number of halogens is 1. The predicted octanol–water partition coefficient (Wildman–Crippen LogP) is 2.81. The molecular weight excluding hydrogens is 268 g/mol. The molecule has 16 heavy (non-hydrogen) atoms. The van der Waals surface area contributed by atoms with E-state index in [4.69, 9.17) is 5.73 Å². The molecule has 0 radical (unpaired) electrons. The van der Waals surface area contributed by atoms with E-state index < -0.39 is 0 Å². The third-order valence-electron chi connectivity index (χ3n) is 2.59. The molecule has 0 aromatic heterocycles. The van der Waals surface area contributed by atoms with Gasteiger partial charge in [-0.25, -0.2) is 0 Å². The normalized spacial score (nSPS) is 12.6. The van der Waals surface area contributed by atoms with E-state index in [9.17, 15) is 4.79 Å². The number of nitrogens with two attached hydrogens (primary N) is 1. The van der Waals surface area contributed by atoms with E-state index in [-0.39, 0.29) is 11.9 Å². The summed E-state index contributed by atoms with van der Waals surface area (Å²) < 4.78 is 0.759. The average molecular weight is 285 g/mol. The molecule has 3 N–H and O–H groups in total. The number of amides is 1. The van der Waals surface area contributed by atoms with Crippen LogP contribution in [0.4, 0.5) is 5.69 Å². The van der Waals surface area contributed by atoms with Crippen molar-refractivity contribution in [3.8, 4) is 0 Å². The van der Waals surface area contributed by atoms with Gasteiger partial charge in [-0.2, -0.15) is 0 Å². The molecule has 0 bridgehead atoms. The molecule has 0 aliphatic heterocycles. The molecule has 0 saturated carbocycles. The zero-order chi connectivity index (χ0) is 12.3. The lowest BCUT2D eigenvalue weighted by Gasteiger charge is -2.18. The smallest absolute Gasteiger partial charge is 0.252 e. The first kappa shape index (κ1) is 13.0. The maximum absolute atomic E-state index is 11.9. The van der Waals surface area contributed by atoms with Gasteiger partial charge in [0.15, 0.2) is 0 Å². The first-order valence-electron chi connectivity index (χ1n) is 5.27. The fraction of sp³-hybridized carbons (Fsp3) is 0.417. The minimum Gasteiger partial charge on any atom is -0.399 e. The quantitative estimate of drug-likeness (QED) is 0.839. The molecule has 88 valence electrons. The van der Waals surface area contributed by atoms with Gasteiger partial charge in [0, 0.05) is 16.2 Å². The summed E-state index contributed by atoms with van der Waals surface area (Å²) >= 11 is 3.34. The van der Waals surface area contributed by atoms with Gasteiger partial charge in [0.05, 0.1) is 5.56 Å². The van der Waals surface area contributed by atoms with Crippen molar-refractivity contribution in [1.82, 2.24) is 5.32 Å². The summed E-state index contributed by atoms with van der Waals surface area (Å²) in [6.45, 7) is 6.13. The van der Waals surface area contributed by atoms with Gasteiger partial charge in [0.25, 0.3) is 5.91 Å². The highest BCUT2D eigenvalue weighted by molar-refractivity contribution is 9.10. The number of nitrogen functional groups attached to an aromatic ring is 1. The molecule has 0 saturated heterocycles. The molecule has 0 spiro atoms. The van der Waals surface area contributed by atoms with Crippen molar-refractivity contribution in [3.63, 3.8) is 0 Å². The van der Waals surface area contributed by atoms with Crippen molar-refractivity contribution in [2.75, 3.05) is 5.73 Å². The minimum atomic E-state index is -0.0969. The molecule has 1 unspecified atom stereocenters. The van der Waals surface area contributed by atoms with E-state index >= 15 is 0 Å². The number of benzene rings is 1. The maximum Gasteiger partial charge on any atom is 0.252 e. The molecule has 0 heterocycles. The van der Waals surface area contributed by atoms with Crippen LogP contribution in [0, 0.1) is 5.92 Å². The van der Waals surface area contributed by atoms with Crippen LogP contribution in [0.3, 0.4) is 0 Å². The van der Waals surface area contributed by atoms with E-state index in [1.807, 2.05) is 6.92 Å². The Balaban J connectivity index is 2.84. The van der Waals surface area contributed by atoms with Gasteiger partial charge in [-0.15, -0.1) is 0 Å². The summed E-state index contributed by atoms with van der Waals surface area (Å²) in [6.07, 6.45) is 0. The second-order valence-corrected chi connectivity index (χ2v) is 5.10. The molecule has 3 nitrogen and oxygen atoms in total. The lowest BCUT2D eigenvalue weighted by molar-refractivity contribution is 0.0930. The van der Waals surface area contributed by atoms with E-state index in [0.29, 0.717) is 17.2 Å². The minimum absolute atomic E-state index is 0.0969. The summed E-state index contributed by atoms with van der Waals surface area (Å²) in [5.74, 6) is 0.309. The van der Waals surface area contributed by atoms with Crippen molar-refractivity contribution in [2.24, 2.45) is 5.92 Å². The van der Waals surface area contributed by atoms with Crippen LogP contribution in [-0.4, -0.2) is 11.9 Å². The SMILES string of the molecule is CC(C)C(C)NC(=O)c1cc(N)ccc1Br. The lowest BCUT2D eigenvalue weighted by atomic mass is 10.1. The van der Waals surface area contributed by atoms with Gasteiger partial charge in [-0.05, 0) is 47.0 Å². The Kier molecular flexibility index (Phi) is 4.35. The molecule has 1 aromatic carbocycles. The molecule has 1 aromatic rings. The number of rotatable bonds is 3. The van der Waals surface area contributed by atoms with Crippen molar-refractivity contribution in [1.29, 1.82) is 0 Å². The van der Waals surface area contributed by atoms with Gasteiger partial charge in [-0.3, -0.25) is 4.79 Å². The Bertz CT molecular complexity index is 391. The van der Waals surface area contributed by atoms with Crippen LogP contribution < -0.4 is 11.1 Å². The summed E-state index contributed by atoms with van der Waals surface area (Å²) in [5.41, 5.74) is 6.82. The second kappa shape index (κ2) is 5.34. The standard InChI is InChI=1S/C12H17BrN2O/c1-7(2)8(3)15-12(16)10-6-9(14)4-5-11(10)13/h4-8H,14H2,1-3H3,(H,15,16). The van der Waals surface area contributed by atoms with Crippen LogP contribution in [0.2, 0.25) is 0 Å². The number of anilines is 1. The number of carbonyl (C=O) groups excluding carboxylic acids is 1. The Labute approximate surface area is 105 Å². The number of hydrogen-bond acceptors (Lipinski definition) is 2. The third-order valence-corrected chi connectivity index (χ3v) is 3.29. The Morgan fingerprint density at radius 1 is 1.38 bits per heavy atom. The molecule has 0 aliphatic carbocycles. The van der Waals surface area contributed by atoms with Crippen molar-refractivity contribution in [2.45, 2.75) is 26.8 Å². The first-order valence-corrected chi connectivity index (χ1v) is 6.07. The summed E-state index contributed by atoms with van der Waals surface area (Å²) in [7, 11) is 0. The highest BCUT2D eigenvalue weighted by Crippen LogP contribution is 2.19. The number of nitrogens with one attached hydrogen (secondary N) is 1. The van der Waals surface area contributed by atoms with Crippen LogP contribution in [0.5, 0.6) is 0 Å². The lowest BCUT2D eigenvalue weighted by Crippen LogP contribution is -2.36. The Morgan fingerprint density at radius 3 is 2.56 bits per heavy atom. The molecule has 1 atom stereocenters. The van der Waals surface area contributed by atoms with E-state index in [2.05, 4.69) is 35.1 Å². The fourth-order valence-corrected chi connectivity index (χ4v) is 1.59. The van der Waals surface area contributed by atoms with Crippen LogP contribution in [0.1, 0.15) is 31.1 Å². The fourth-order valence-electron chi connectivity index (χ4n) is 1.17. The maximum atomic E-state index is 11.9. The third kappa shape index (κ3) is 3.23. The van der Waals surface area contributed by atoms with E-state index in [0.717, 1.165) is 4.47 Å². The monoisotopic (exact) mass is 284 g/mol. The van der Waals surface area contributed by atoms with Crippen molar-refractivity contribution in [3.05, 3.63) is 28.2 Å². The van der Waals surface area contributed by atoms with E-state index in [1.165, 1.54) is 0 Å². The van der Waals surface area contributed by atoms with Crippen LogP contribution >= 0.6 is 15.9 Å². The summed E-state index contributed by atoms with van der Waals surface area (Å²) in [5, 5.41) is 2.94. The Morgan fingerprint density at radius 2 is 2.00 bits per heavy atom. The summed E-state index contributed by atoms with van der Waals surface area (Å²) in [4.78, 5) is 11.9. The molecule has 4 heteroatoms. The van der Waals surface area contributed by atoms with Gasteiger partial charge in [-0.1, -0.05) is 13.8 Å². The highest BCUT2D eigenvalue weighted by atomic mass is 79.9. The van der Waals surface area contributed by atoms with E-state index in [1.54, 1.807) is 18.2 Å². The van der Waals surface area contributed by atoms with Crippen molar-refractivity contribution < 1.29 is 4.79 Å². The topological polar surface area (TPSA) is 55.1 Å². The van der Waals surface area contributed by atoms with Crippen LogP contribution in [-0.2, 0) is 0 Å². The van der Waals surface area contributed by atoms with Gasteiger partial charge >= 0.3 is 0 Å². The molecule has 0 aliphatic rings. The molecule has 1 rings (SSSR count). The zero-order valence-electron chi connectivity index (χ0n) is 9.75. The van der Waals surface area contributed by atoms with Crippen LogP contribution in [0.25, 0.3) is 0 Å². The largest absolute Gasteiger partial charge is 0.399 e. The average Bonchev–Trinajstić information content (AvgIpc) is 2.21. The van der Waals surface area contributed by atoms with Crippen molar-refractivity contribution >= 4 is 27.5 Å².